The van der Waals surface area contributed by atoms with Gasteiger partial charge in [-0.3, -0.25) is 4.79 Å². The van der Waals surface area contributed by atoms with E-state index in [1.165, 1.54) is 0 Å². The highest BCUT2D eigenvalue weighted by atomic mass is 19.1. The van der Waals surface area contributed by atoms with Gasteiger partial charge >= 0.3 is 5.97 Å². The monoisotopic (exact) mass is 269 g/mol. The van der Waals surface area contributed by atoms with Gasteiger partial charge in [0.25, 0.3) is 5.91 Å². The molecular weight excluding hydrogens is 257 g/mol. The number of carboxylic acids is 1. The summed E-state index contributed by atoms with van der Waals surface area (Å²) in [5, 5.41) is 27.5. The molecule has 2 rings (SSSR count). The van der Waals surface area contributed by atoms with Gasteiger partial charge in [0.05, 0.1) is 11.7 Å². The second-order valence-corrected chi connectivity index (χ2v) is 4.37. The average molecular weight is 269 g/mol. The molecule has 6 nitrogen and oxygen atoms in total. The van der Waals surface area contributed by atoms with E-state index in [1.807, 2.05) is 0 Å². The number of β-amino-alcohol motifs (C(OH)–C–C–N with tert-alkyl or cyclic N) is 1. The molecule has 0 spiro atoms. The largest absolute Gasteiger partial charge is 0.508 e. The van der Waals surface area contributed by atoms with Crippen LogP contribution in [0.4, 0.5) is 4.39 Å². The predicted octanol–water partition coefficient (Wildman–Crippen LogP) is 0.191. The zero-order valence-electron chi connectivity index (χ0n) is 9.78. The number of benzene rings is 1. The van der Waals surface area contributed by atoms with E-state index < -0.39 is 29.8 Å². The standard InChI is InChI=1S/C12H12FNO5/c13-9-3-6(15)1-2-8(9)11(17)14-5-7(16)4-10(14)12(18)19/h1-3,7,10,15-16H,4-5H2,(H,18,19)/t7-,10+/m1/s1. The van der Waals surface area contributed by atoms with Crippen LogP contribution in [0.1, 0.15) is 16.8 Å². The normalized spacial score (nSPS) is 22.5. The van der Waals surface area contributed by atoms with E-state index >= 15 is 0 Å². The Morgan fingerprint density at radius 1 is 1.37 bits per heavy atom. The summed E-state index contributed by atoms with van der Waals surface area (Å²) >= 11 is 0. The number of amides is 1. The van der Waals surface area contributed by atoms with Gasteiger partial charge in [-0.25, -0.2) is 9.18 Å². The molecule has 2 atom stereocenters. The molecule has 0 aromatic heterocycles. The van der Waals surface area contributed by atoms with E-state index in [9.17, 15) is 19.1 Å². The molecule has 102 valence electrons. The Balaban J connectivity index is 2.30. The topological polar surface area (TPSA) is 98.1 Å². The van der Waals surface area contributed by atoms with Crippen LogP contribution >= 0.6 is 0 Å². The van der Waals surface area contributed by atoms with E-state index in [1.54, 1.807) is 0 Å². The summed E-state index contributed by atoms with van der Waals surface area (Å²) in [6.07, 6.45) is -1.02. The van der Waals surface area contributed by atoms with Gasteiger partial charge in [-0.2, -0.15) is 0 Å². The third-order valence-corrected chi connectivity index (χ3v) is 3.01. The first-order chi connectivity index (χ1) is 8.90. The van der Waals surface area contributed by atoms with Crippen molar-refractivity contribution >= 4 is 11.9 Å². The Morgan fingerprint density at radius 3 is 2.63 bits per heavy atom. The highest BCUT2D eigenvalue weighted by Gasteiger charge is 2.39. The molecule has 0 bridgehead atoms. The van der Waals surface area contributed by atoms with Gasteiger partial charge in [-0.05, 0) is 12.1 Å². The minimum atomic E-state index is -1.25. The lowest BCUT2D eigenvalue weighted by atomic mass is 10.1. The minimum Gasteiger partial charge on any atom is -0.508 e. The average Bonchev–Trinajstić information content (AvgIpc) is 2.70. The van der Waals surface area contributed by atoms with Crippen molar-refractivity contribution in [2.24, 2.45) is 0 Å². The molecule has 1 aliphatic heterocycles. The zero-order valence-corrected chi connectivity index (χ0v) is 9.78. The van der Waals surface area contributed by atoms with E-state index in [2.05, 4.69) is 0 Å². The Kier molecular flexibility index (Phi) is 3.39. The summed E-state index contributed by atoms with van der Waals surface area (Å²) in [7, 11) is 0. The smallest absolute Gasteiger partial charge is 0.326 e. The summed E-state index contributed by atoms with van der Waals surface area (Å²) < 4.78 is 13.6. The molecule has 3 N–H and O–H groups in total. The number of nitrogens with zero attached hydrogens (tertiary/aromatic N) is 1. The molecule has 0 aliphatic carbocycles. The lowest BCUT2D eigenvalue weighted by Gasteiger charge is -2.21. The summed E-state index contributed by atoms with van der Waals surface area (Å²) in [5.41, 5.74) is -0.335. The fraction of sp³-hybridized carbons (Fsp3) is 0.333. The van der Waals surface area contributed by atoms with Crippen molar-refractivity contribution in [2.75, 3.05) is 6.54 Å². The first-order valence-electron chi connectivity index (χ1n) is 5.60. The van der Waals surface area contributed by atoms with Crippen LogP contribution < -0.4 is 0 Å². The maximum Gasteiger partial charge on any atom is 0.326 e. The van der Waals surface area contributed by atoms with Crippen LogP contribution in [0.25, 0.3) is 0 Å². The third kappa shape index (κ3) is 2.50. The van der Waals surface area contributed by atoms with Gasteiger partial charge in [0.1, 0.15) is 17.6 Å². The summed E-state index contributed by atoms with van der Waals surface area (Å²) in [6.45, 7) is -0.157. The van der Waals surface area contributed by atoms with Gasteiger partial charge in [0.2, 0.25) is 0 Å². The molecule has 1 amide bonds. The summed E-state index contributed by atoms with van der Waals surface area (Å²) in [6, 6.07) is 1.82. The van der Waals surface area contributed by atoms with Crippen LogP contribution in [-0.4, -0.2) is 50.8 Å². The van der Waals surface area contributed by atoms with Crippen molar-refractivity contribution in [3.63, 3.8) is 0 Å². The van der Waals surface area contributed by atoms with Crippen molar-refractivity contribution in [2.45, 2.75) is 18.6 Å². The zero-order chi connectivity index (χ0) is 14.2. The quantitative estimate of drug-likeness (QED) is 0.712. The van der Waals surface area contributed by atoms with Crippen molar-refractivity contribution in [1.29, 1.82) is 0 Å². The number of carbonyl (C=O) groups is 2. The first-order valence-corrected chi connectivity index (χ1v) is 5.60. The van der Waals surface area contributed by atoms with Crippen molar-refractivity contribution in [3.05, 3.63) is 29.6 Å². The number of aliphatic carboxylic acids is 1. The highest BCUT2D eigenvalue weighted by Crippen LogP contribution is 2.23. The van der Waals surface area contributed by atoms with Crippen molar-refractivity contribution in [1.82, 2.24) is 4.90 Å². The number of halogens is 1. The van der Waals surface area contributed by atoms with E-state index in [4.69, 9.17) is 10.2 Å². The lowest BCUT2D eigenvalue weighted by molar-refractivity contribution is -0.141. The number of carboxylic acid groups (broad SMARTS) is 1. The molecule has 1 saturated heterocycles. The fourth-order valence-electron chi connectivity index (χ4n) is 2.10. The molecule has 1 aromatic rings. The van der Waals surface area contributed by atoms with Crippen LogP contribution in [0.2, 0.25) is 0 Å². The van der Waals surface area contributed by atoms with Gasteiger partial charge in [-0.1, -0.05) is 0 Å². The number of likely N-dealkylation sites (tertiary alicyclic amines) is 1. The number of aliphatic hydroxyl groups is 1. The molecule has 0 radical (unpaired) electrons. The molecule has 0 saturated carbocycles. The van der Waals surface area contributed by atoms with E-state index in [0.29, 0.717) is 0 Å². The minimum absolute atomic E-state index is 0.0826. The number of hydrogen-bond acceptors (Lipinski definition) is 4. The number of aromatic hydroxyl groups is 1. The van der Waals surface area contributed by atoms with Gasteiger partial charge in [0, 0.05) is 19.0 Å². The van der Waals surface area contributed by atoms with Crippen LogP contribution in [-0.2, 0) is 4.79 Å². The maximum atomic E-state index is 13.6. The molecule has 1 heterocycles. The molecule has 1 fully saturated rings. The molecule has 19 heavy (non-hydrogen) atoms. The number of hydrogen-bond donors (Lipinski definition) is 3. The fourth-order valence-corrected chi connectivity index (χ4v) is 2.10. The Bertz CT molecular complexity index is 533. The SMILES string of the molecule is O=C(O)[C@@H]1C[C@@H](O)CN1C(=O)c1ccc(O)cc1F. The van der Waals surface area contributed by atoms with Crippen LogP contribution in [0.3, 0.4) is 0 Å². The first kappa shape index (κ1) is 13.3. The Hall–Kier alpha value is -2.15. The van der Waals surface area contributed by atoms with Gasteiger partial charge < -0.3 is 20.2 Å². The third-order valence-electron chi connectivity index (χ3n) is 3.01. The number of carbonyl (C=O) groups excluding carboxylic acids is 1. The number of phenols is 1. The van der Waals surface area contributed by atoms with Crippen molar-refractivity contribution < 1.29 is 29.3 Å². The number of aliphatic hydroxyl groups excluding tert-OH is 1. The molecule has 0 unspecified atom stereocenters. The summed E-state index contributed by atoms with van der Waals surface area (Å²) in [4.78, 5) is 24.0. The predicted molar refractivity (Wildman–Crippen MR) is 61.1 cm³/mol. The molecule has 1 aliphatic rings. The Labute approximate surface area is 107 Å². The molecule has 7 heteroatoms. The number of phenolic OH excluding ortho intramolecular Hbond substituents is 1. The van der Waals surface area contributed by atoms with E-state index in [0.717, 1.165) is 23.1 Å². The number of rotatable bonds is 2. The molecule has 1 aromatic carbocycles. The summed E-state index contributed by atoms with van der Waals surface area (Å²) in [5.74, 6) is -3.33. The lowest BCUT2D eigenvalue weighted by Crippen LogP contribution is -2.40. The van der Waals surface area contributed by atoms with Crippen LogP contribution in [0.15, 0.2) is 18.2 Å². The second-order valence-electron chi connectivity index (χ2n) is 4.37. The Morgan fingerprint density at radius 2 is 2.05 bits per heavy atom. The van der Waals surface area contributed by atoms with Gasteiger partial charge in [-0.15, -0.1) is 0 Å². The van der Waals surface area contributed by atoms with Crippen LogP contribution in [0, 0.1) is 5.82 Å². The van der Waals surface area contributed by atoms with Crippen LogP contribution in [0.5, 0.6) is 5.75 Å². The highest BCUT2D eigenvalue weighted by molar-refractivity contribution is 5.97. The van der Waals surface area contributed by atoms with E-state index in [-0.39, 0.29) is 24.3 Å². The second kappa shape index (κ2) is 4.85. The molecular formula is C12H12FNO5. The van der Waals surface area contributed by atoms with Crippen molar-refractivity contribution in [3.8, 4) is 5.75 Å². The maximum absolute atomic E-state index is 13.6. The van der Waals surface area contributed by atoms with Gasteiger partial charge in [0.15, 0.2) is 0 Å².